The number of fused-ring (bicyclic) bond motifs is 2. The second kappa shape index (κ2) is 5.20. The average molecular weight is 436 g/mol. The van der Waals surface area contributed by atoms with Crippen LogP contribution in [-0.4, -0.2) is 9.38 Å². The zero-order valence-electron chi connectivity index (χ0n) is 10.6. The Kier molecular flexibility index (Phi) is 3.39. The fourth-order valence-electron chi connectivity index (χ4n) is 2.42. The van der Waals surface area contributed by atoms with E-state index in [0.717, 1.165) is 16.8 Å². The van der Waals surface area contributed by atoms with Crippen molar-refractivity contribution in [2.45, 2.75) is 0 Å². The van der Waals surface area contributed by atoms with Crippen molar-refractivity contribution in [3.63, 3.8) is 0 Å². The smallest absolute Gasteiger partial charge is 0.0884 e. The summed E-state index contributed by atoms with van der Waals surface area (Å²) in [5.41, 5.74) is 3.12. The number of imidazole rings is 1. The molecular formula is C17H11IrN2-. The summed E-state index contributed by atoms with van der Waals surface area (Å²) in [6.45, 7) is 0. The normalized spacial score (nSPS) is 10.6. The molecule has 1 radical (unpaired) electrons. The van der Waals surface area contributed by atoms with Crippen molar-refractivity contribution in [1.29, 1.82) is 0 Å². The van der Waals surface area contributed by atoms with Crippen molar-refractivity contribution >= 4 is 16.3 Å². The van der Waals surface area contributed by atoms with Crippen LogP contribution in [0.1, 0.15) is 0 Å². The molecule has 2 heterocycles. The van der Waals surface area contributed by atoms with Crippen LogP contribution in [0.5, 0.6) is 0 Å². The summed E-state index contributed by atoms with van der Waals surface area (Å²) >= 11 is 0. The van der Waals surface area contributed by atoms with E-state index in [1.807, 2.05) is 30.6 Å². The maximum Gasteiger partial charge on any atom is 0.0884 e. The molecule has 0 spiro atoms. The first-order valence-electron chi connectivity index (χ1n) is 6.24. The maximum atomic E-state index is 4.52. The van der Waals surface area contributed by atoms with E-state index in [0.29, 0.717) is 0 Å². The van der Waals surface area contributed by atoms with E-state index < -0.39 is 0 Å². The van der Waals surface area contributed by atoms with Gasteiger partial charge in [-0.25, -0.2) is 0 Å². The van der Waals surface area contributed by atoms with Gasteiger partial charge in [-0.1, -0.05) is 24.3 Å². The Morgan fingerprint density at radius 1 is 0.950 bits per heavy atom. The van der Waals surface area contributed by atoms with Gasteiger partial charge < -0.3 is 4.40 Å². The molecule has 0 saturated carbocycles. The Labute approximate surface area is 130 Å². The van der Waals surface area contributed by atoms with Gasteiger partial charge in [-0.2, -0.15) is 0 Å². The molecule has 0 aliphatic rings. The number of aromatic nitrogens is 2. The first kappa shape index (κ1) is 13.0. The minimum absolute atomic E-state index is 0. The van der Waals surface area contributed by atoms with Crippen LogP contribution < -0.4 is 0 Å². The van der Waals surface area contributed by atoms with Gasteiger partial charge in [-0.05, 0) is 16.8 Å². The predicted molar refractivity (Wildman–Crippen MR) is 77.0 cm³/mol. The minimum atomic E-state index is 0. The fraction of sp³-hybridized carbons (Fsp3) is 0. The van der Waals surface area contributed by atoms with Crippen LogP contribution >= 0.6 is 0 Å². The van der Waals surface area contributed by atoms with Crippen molar-refractivity contribution in [1.82, 2.24) is 9.38 Å². The Balaban J connectivity index is 0.00000121. The molecule has 3 heteroatoms. The summed E-state index contributed by atoms with van der Waals surface area (Å²) < 4.78 is 2.07. The largest absolute Gasteiger partial charge is 0.315 e. The predicted octanol–water partition coefficient (Wildman–Crippen LogP) is 3.95. The molecule has 0 aliphatic carbocycles. The second-order valence-electron chi connectivity index (χ2n) is 4.56. The molecule has 0 saturated heterocycles. The van der Waals surface area contributed by atoms with Gasteiger partial charge in [0.15, 0.2) is 0 Å². The van der Waals surface area contributed by atoms with Gasteiger partial charge in [0.1, 0.15) is 0 Å². The third kappa shape index (κ3) is 2.05. The molecule has 2 nitrogen and oxygen atoms in total. The minimum Gasteiger partial charge on any atom is -0.315 e. The Hall–Kier alpha value is -1.96. The summed E-state index contributed by atoms with van der Waals surface area (Å²) in [7, 11) is 0. The quantitative estimate of drug-likeness (QED) is 0.414. The molecule has 99 valence electrons. The zero-order chi connectivity index (χ0) is 12.7. The Morgan fingerprint density at radius 2 is 1.75 bits per heavy atom. The van der Waals surface area contributed by atoms with E-state index in [1.54, 1.807) is 0 Å². The van der Waals surface area contributed by atoms with Gasteiger partial charge in [0, 0.05) is 37.5 Å². The van der Waals surface area contributed by atoms with Crippen LogP contribution in [0.25, 0.3) is 27.5 Å². The van der Waals surface area contributed by atoms with Gasteiger partial charge in [0.25, 0.3) is 0 Å². The molecule has 4 rings (SSSR count). The molecular weight excluding hydrogens is 424 g/mol. The molecule has 0 fully saturated rings. The Morgan fingerprint density at radius 3 is 2.55 bits per heavy atom. The summed E-state index contributed by atoms with van der Waals surface area (Å²) in [4.78, 5) is 4.52. The molecule has 0 unspecified atom stereocenters. The van der Waals surface area contributed by atoms with Gasteiger partial charge in [-0.15, -0.1) is 35.9 Å². The van der Waals surface area contributed by atoms with Gasteiger partial charge in [0.05, 0.1) is 6.33 Å². The van der Waals surface area contributed by atoms with Gasteiger partial charge in [0.2, 0.25) is 0 Å². The van der Waals surface area contributed by atoms with Crippen molar-refractivity contribution in [2.24, 2.45) is 0 Å². The molecule has 2 aromatic heterocycles. The van der Waals surface area contributed by atoms with Crippen LogP contribution in [0.2, 0.25) is 0 Å². The molecule has 0 atom stereocenters. The average Bonchev–Trinajstić information content (AvgIpc) is 2.88. The van der Waals surface area contributed by atoms with Crippen molar-refractivity contribution < 1.29 is 20.1 Å². The zero-order valence-corrected chi connectivity index (χ0v) is 13.0. The van der Waals surface area contributed by atoms with E-state index in [-0.39, 0.29) is 20.1 Å². The van der Waals surface area contributed by atoms with Gasteiger partial charge in [-0.3, -0.25) is 4.98 Å². The number of rotatable bonds is 1. The first-order valence-corrected chi connectivity index (χ1v) is 6.24. The van der Waals surface area contributed by atoms with Crippen LogP contribution in [0.3, 0.4) is 0 Å². The first-order chi connectivity index (χ1) is 9.42. The van der Waals surface area contributed by atoms with Crippen molar-refractivity contribution in [3.05, 3.63) is 73.2 Å². The summed E-state index contributed by atoms with van der Waals surface area (Å²) in [6, 6.07) is 21.7. The number of hydrogen-bond acceptors (Lipinski definition) is 1. The third-order valence-electron chi connectivity index (χ3n) is 3.36. The third-order valence-corrected chi connectivity index (χ3v) is 3.36. The summed E-state index contributed by atoms with van der Waals surface area (Å²) in [6.07, 6.45) is 3.97. The van der Waals surface area contributed by atoms with Crippen LogP contribution in [0.15, 0.2) is 67.1 Å². The van der Waals surface area contributed by atoms with Gasteiger partial charge >= 0.3 is 0 Å². The SMILES string of the molecule is [Ir].[c-]1ccccc1-c1ncn2cc3ccccc3cc12. The van der Waals surface area contributed by atoms with Crippen LogP contribution in [0, 0.1) is 6.07 Å². The molecule has 0 aliphatic heterocycles. The molecule has 2 aromatic carbocycles. The maximum absolute atomic E-state index is 4.52. The van der Waals surface area contributed by atoms with Crippen LogP contribution in [-0.2, 0) is 20.1 Å². The monoisotopic (exact) mass is 436 g/mol. The molecule has 0 bridgehead atoms. The van der Waals surface area contributed by atoms with E-state index in [1.165, 1.54) is 10.8 Å². The van der Waals surface area contributed by atoms with Crippen molar-refractivity contribution in [2.75, 3.05) is 0 Å². The number of hydrogen-bond donors (Lipinski definition) is 0. The Bertz CT molecular complexity index is 866. The molecule has 20 heavy (non-hydrogen) atoms. The van der Waals surface area contributed by atoms with Crippen molar-refractivity contribution in [3.8, 4) is 11.3 Å². The van der Waals surface area contributed by atoms with E-state index in [2.05, 4.69) is 52.0 Å². The second-order valence-corrected chi connectivity index (χ2v) is 4.56. The number of benzene rings is 2. The topological polar surface area (TPSA) is 17.3 Å². The van der Waals surface area contributed by atoms with E-state index in [9.17, 15) is 0 Å². The van der Waals surface area contributed by atoms with Crippen LogP contribution in [0.4, 0.5) is 0 Å². The summed E-state index contributed by atoms with van der Waals surface area (Å²) in [5.74, 6) is 0. The molecule has 0 amide bonds. The molecule has 0 N–H and O–H groups in total. The fourth-order valence-corrected chi connectivity index (χ4v) is 2.42. The number of pyridine rings is 1. The standard InChI is InChI=1S/C17H11N2.Ir/c1-2-6-13(7-3-1)17-16-10-14-8-4-5-9-15(14)11-19(16)12-18-17;/h1-6,8-12H;/q-1;. The molecule has 4 aromatic rings. The van der Waals surface area contributed by atoms with E-state index >= 15 is 0 Å². The summed E-state index contributed by atoms with van der Waals surface area (Å²) in [5, 5.41) is 2.45. The van der Waals surface area contributed by atoms with E-state index in [4.69, 9.17) is 0 Å². The number of nitrogens with zero attached hydrogens (tertiary/aromatic N) is 2.